The quantitative estimate of drug-likeness (QED) is 0.663. The van der Waals surface area contributed by atoms with E-state index in [1.807, 2.05) is 30.3 Å². The molecule has 3 nitrogen and oxygen atoms in total. The molecular weight excluding hydrogens is 164 g/mol. The summed E-state index contributed by atoms with van der Waals surface area (Å²) in [5.41, 5.74) is 4.47. The van der Waals surface area contributed by atoms with Gasteiger partial charge in [0.1, 0.15) is 0 Å². The molecule has 0 amide bonds. The van der Waals surface area contributed by atoms with Crippen LogP contribution in [0.2, 0.25) is 0 Å². The number of rotatable bonds is 1. The van der Waals surface area contributed by atoms with Crippen LogP contribution in [0.5, 0.6) is 0 Å². The van der Waals surface area contributed by atoms with Crippen molar-refractivity contribution in [2.24, 2.45) is 5.10 Å². The van der Waals surface area contributed by atoms with Gasteiger partial charge in [-0.2, -0.15) is 5.10 Å². The summed E-state index contributed by atoms with van der Waals surface area (Å²) in [6.07, 6.45) is 2.80. The second-order valence-electron chi connectivity index (χ2n) is 2.80. The number of hydrazone groups is 1. The summed E-state index contributed by atoms with van der Waals surface area (Å²) in [7, 11) is 0. The lowest BCUT2D eigenvalue weighted by Gasteiger charge is -2.11. The Morgan fingerprint density at radius 1 is 1.23 bits per heavy atom. The van der Waals surface area contributed by atoms with Crippen LogP contribution < -0.4 is 5.43 Å². The van der Waals surface area contributed by atoms with Crippen LogP contribution in [0.1, 0.15) is 5.56 Å². The predicted octanol–water partition coefficient (Wildman–Crippen LogP) is 0.868. The standard InChI is InChI=1S/C10H10N2O/c13-10-7-6-9(11-12-10)8-4-2-1-3-5-8/h1-7,10,12-13H. The molecule has 0 radical (unpaired) electrons. The van der Waals surface area contributed by atoms with Crippen molar-refractivity contribution in [2.45, 2.75) is 6.23 Å². The molecule has 0 aromatic heterocycles. The third kappa shape index (κ3) is 1.76. The fourth-order valence-corrected chi connectivity index (χ4v) is 1.17. The summed E-state index contributed by atoms with van der Waals surface area (Å²) in [4.78, 5) is 0. The van der Waals surface area contributed by atoms with E-state index < -0.39 is 6.23 Å². The average Bonchev–Trinajstić information content (AvgIpc) is 2.20. The Labute approximate surface area is 76.4 Å². The zero-order valence-corrected chi connectivity index (χ0v) is 7.01. The van der Waals surface area contributed by atoms with Gasteiger partial charge in [-0.05, 0) is 12.2 Å². The molecule has 0 saturated carbocycles. The summed E-state index contributed by atoms with van der Waals surface area (Å²) < 4.78 is 0. The van der Waals surface area contributed by atoms with Gasteiger partial charge in [-0.15, -0.1) is 0 Å². The van der Waals surface area contributed by atoms with E-state index in [2.05, 4.69) is 10.5 Å². The third-order valence-corrected chi connectivity index (χ3v) is 1.82. The third-order valence-electron chi connectivity index (χ3n) is 1.82. The number of hydrogen-bond donors (Lipinski definition) is 2. The molecule has 0 saturated heterocycles. The van der Waals surface area contributed by atoms with Crippen LogP contribution in [0.25, 0.3) is 0 Å². The molecule has 2 rings (SSSR count). The fourth-order valence-electron chi connectivity index (χ4n) is 1.17. The average molecular weight is 174 g/mol. The molecule has 1 aromatic carbocycles. The number of aliphatic hydroxyl groups excluding tert-OH is 1. The normalized spacial score (nSPS) is 20.7. The first kappa shape index (κ1) is 8.01. The Balaban J connectivity index is 2.25. The van der Waals surface area contributed by atoms with E-state index in [0.717, 1.165) is 11.3 Å². The number of aliphatic hydroxyl groups is 1. The van der Waals surface area contributed by atoms with Gasteiger partial charge in [0, 0.05) is 5.56 Å². The van der Waals surface area contributed by atoms with Crippen molar-refractivity contribution < 1.29 is 5.11 Å². The number of nitrogens with one attached hydrogen (secondary N) is 1. The van der Waals surface area contributed by atoms with E-state index in [1.165, 1.54) is 0 Å². The van der Waals surface area contributed by atoms with E-state index >= 15 is 0 Å². The topological polar surface area (TPSA) is 44.6 Å². The zero-order chi connectivity index (χ0) is 9.10. The molecule has 0 spiro atoms. The monoisotopic (exact) mass is 174 g/mol. The molecule has 1 atom stereocenters. The van der Waals surface area contributed by atoms with Crippen LogP contribution in [0.4, 0.5) is 0 Å². The highest BCUT2D eigenvalue weighted by atomic mass is 16.3. The lowest BCUT2D eigenvalue weighted by atomic mass is 10.1. The summed E-state index contributed by atoms with van der Waals surface area (Å²) in [5, 5.41) is 13.1. The molecule has 1 aromatic rings. The SMILES string of the molecule is OC1C=CC(c2ccccc2)=NN1. The maximum absolute atomic E-state index is 9.07. The number of nitrogens with zero attached hydrogens (tertiary/aromatic N) is 1. The van der Waals surface area contributed by atoms with Gasteiger partial charge in [-0.3, -0.25) is 5.43 Å². The van der Waals surface area contributed by atoms with Gasteiger partial charge < -0.3 is 5.11 Å². The van der Waals surface area contributed by atoms with Crippen molar-refractivity contribution in [1.82, 2.24) is 5.43 Å². The molecule has 0 bridgehead atoms. The second kappa shape index (κ2) is 3.41. The van der Waals surface area contributed by atoms with Gasteiger partial charge in [0.05, 0.1) is 5.71 Å². The van der Waals surface area contributed by atoms with Crippen molar-refractivity contribution in [3.63, 3.8) is 0 Å². The molecule has 0 fully saturated rings. The smallest absolute Gasteiger partial charge is 0.159 e. The van der Waals surface area contributed by atoms with Crippen LogP contribution >= 0.6 is 0 Å². The largest absolute Gasteiger partial charge is 0.369 e. The van der Waals surface area contributed by atoms with Gasteiger partial charge in [0.15, 0.2) is 6.23 Å². The molecule has 2 N–H and O–H groups in total. The fraction of sp³-hybridized carbons (Fsp3) is 0.100. The van der Waals surface area contributed by atoms with E-state index in [4.69, 9.17) is 5.11 Å². The Kier molecular flexibility index (Phi) is 2.10. The molecule has 3 heteroatoms. The summed E-state index contributed by atoms with van der Waals surface area (Å²) >= 11 is 0. The highest BCUT2D eigenvalue weighted by Crippen LogP contribution is 2.04. The summed E-state index contributed by atoms with van der Waals surface area (Å²) in [6, 6.07) is 9.82. The Bertz CT molecular complexity index is 343. The van der Waals surface area contributed by atoms with Crippen molar-refractivity contribution in [3.8, 4) is 0 Å². The maximum Gasteiger partial charge on any atom is 0.159 e. The molecule has 1 aliphatic heterocycles. The van der Waals surface area contributed by atoms with Crippen molar-refractivity contribution in [2.75, 3.05) is 0 Å². The molecular formula is C10H10N2O. The first-order valence-electron chi connectivity index (χ1n) is 4.11. The molecule has 66 valence electrons. The maximum atomic E-state index is 9.07. The minimum absolute atomic E-state index is 0.660. The van der Waals surface area contributed by atoms with Gasteiger partial charge in [-0.25, -0.2) is 0 Å². The Hall–Kier alpha value is -1.61. The lowest BCUT2D eigenvalue weighted by molar-refractivity contribution is 0.185. The van der Waals surface area contributed by atoms with E-state index in [1.54, 1.807) is 12.2 Å². The lowest BCUT2D eigenvalue weighted by Crippen LogP contribution is -2.26. The molecule has 1 unspecified atom stereocenters. The minimum atomic E-state index is -0.660. The predicted molar refractivity (Wildman–Crippen MR) is 51.3 cm³/mol. The summed E-state index contributed by atoms with van der Waals surface area (Å²) in [6.45, 7) is 0. The second-order valence-corrected chi connectivity index (χ2v) is 2.80. The minimum Gasteiger partial charge on any atom is -0.369 e. The van der Waals surface area contributed by atoms with Crippen molar-refractivity contribution >= 4 is 5.71 Å². The highest BCUT2D eigenvalue weighted by molar-refractivity contribution is 6.08. The van der Waals surface area contributed by atoms with Crippen LogP contribution in [0, 0.1) is 0 Å². The molecule has 13 heavy (non-hydrogen) atoms. The van der Waals surface area contributed by atoms with Gasteiger partial charge >= 0.3 is 0 Å². The van der Waals surface area contributed by atoms with E-state index in [0.29, 0.717) is 0 Å². The molecule has 1 aliphatic rings. The van der Waals surface area contributed by atoms with Crippen molar-refractivity contribution in [1.29, 1.82) is 0 Å². The van der Waals surface area contributed by atoms with E-state index in [-0.39, 0.29) is 0 Å². The first-order valence-corrected chi connectivity index (χ1v) is 4.11. The highest BCUT2D eigenvalue weighted by Gasteiger charge is 2.05. The van der Waals surface area contributed by atoms with Gasteiger partial charge in [0.25, 0.3) is 0 Å². The van der Waals surface area contributed by atoms with Gasteiger partial charge in [0.2, 0.25) is 0 Å². The van der Waals surface area contributed by atoms with Crippen LogP contribution in [0.15, 0.2) is 47.6 Å². The van der Waals surface area contributed by atoms with Crippen LogP contribution in [0.3, 0.4) is 0 Å². The van der Waals surface area contributed by atoms with Gasteiger partial charge in [-0.1, -0.05) is 30.3 Å². The number of hydrogen-bond acceptors (Lipinski definition) is 3. The zero-order valence-electron chi connectivity index (χ0n) is 7.01. The number of benzene rings is 1. The van der Waals surface area contributed by atoms with E-state index in [9.17, 15) is 0 Å². The van der Waals surface area contributed by atoms with Crippen LogP contribution in [-0.4, -0.2) is 17.0 Å². The Morgan fingerprint density at radius 3 is 2.62 bits per heavy atom. The van der Waals surface area contributed by atoms with Crippen LogP contribution in [-0.2, 0) is 0 Å². The Morgan fingerprint density at radius 2 is 2.00 bits per heavy atom. The number of allylic oxidation sites excluding steroid dienone is 1. The first-order chi connectivity index (χ1) is 6.36. The van der Waals surface area contributed by atoms with Crippen molar-refractivity contribution in [3.05, 3.63) is 48.0 Å². The molecule has 0 aliphatic carbocycles. The molecule has 1 heterocycles. The summed E-state index contributed by atoms with van der Waals surface area (Å²) in [5.74, 6) is 0.